The molecule has 1 unspecified atom stereocenters. The van der Waals surface area contributed by atoms with Crippen molar-refractivity contribution in [3.05, 3.63) is 54.2 Å². The molecular weight excluding hydrogens is 318 g/mol. The van der Waals surface area contributed by atoms with Crippen LogP contribution in [0.4, 0.5) is 0 Å². The fourth-order valence-corrected chi connectivity index (χ4v) is 2.66. The number of hydrogen-bond acceptors (Lipinski definition) is 5. The summed E-state index contributed by atoms with van der Waals surface area (Å²) in [6.07, 6.45) is 3.23. The van der Waals surface area contributed by atoms with Crippen molar-refractivity contribution in [2.75, 3.05) is 0 Å². The first kappa shape index (κ1) is 16.9. The molecule has 0 aliphatic rings. The fourth-order valence-electron chi connectivity index (χ4n) is 2.66. The first-order valence-corrected chi connectivity index (χ1v) is 8.32. The van der Waals surface area contributed by atoms with E-state index in [1.54, 1.807) is 10.9 Å². The van der Waals surface area contributed by atoms with Crippen molar-refractivity contribution < 1.29 is 9.32 Å². The van der Waals surface area contributed by atoms with Gasteiger partial charge in [0, 0.05) is 31.6 Å². The van der Waals surface area contributed by atoms with E-state index >= 15 is 0 Å². The number of rotatable bonds is 7. The number of amides is 1. The molecule has 1 atom stereocenters. The van der Waals surface area contributed by atoms with E-state index in [1.165, 1.54) is 0 Å². The van der Waals surface area contributed by atoms with Crippen molar-refractivity contribution in [2.45, 2.75) is 32.2 Å². The minimum atomic E-state index is -0.0532. The number of hydrogen-bond donors (Lipinski definition) is 1. The molecule has 2 heterocycles. The van der Waals surface area contributed by atoms with Gasteiger partial charge in [-0.3, -0.25) is 9.48 Å². The highest BCUT2D eigenvalue weighted by Gasteiger charge is 2.16. The van der Waals surface area contributed by atoms with Gasteiger partial charge in [-0.25, -0.2) is 0 Å². The number of carbonyl (C=O) groups excluding carboxylic acids is 1. The minimum Gasteiger partial charge on any atom is -0.348 e. The zero-order valence-corrected chi connectivity index (χ0v) is 14.3. The Morgan fingerprint density at radius 1 is 1.28 bits per heavy atom. The van der Waals surface area contributed by atoms with Gasteiger partial charge in [0.2, 0.25) is 17.6 Å². The van der Waals surface area contributed by atoms with E-state index in [0.29, 0.717) is 24.6 Å². The highest BCUT2D eigenvalue weighted by atomic mass is 16.5. The molecule has 0 spiro atoms. The van der Waals surface area contributed by atoms with E-state index in [9.17, 15) is 4.79 Å². The van der Waals surface area contributed by atoms with Crippen molar-refractivity contribution in [3.63, 3.8) is 0 Å². The Morgan fingerprint density at radius 3 is 2.76 bits per heavy atom. The van der Waals surface area contributed by atoms with Gasteiger partial charge in [-0.1, -0.05) is 42.4 Å². The maximum Gasteiger partial charge on any atom is 0.227 e. The van der Waals surface area contributed by atoms with E-state index in [1.807, 2.05) is 50.4 Å². The molecule has 0 radical (unpaired) electrons. The van der Waals surface area contributed by atoms with Crippen molar-refractivity contribution in [3.8, 4) is 11.4 Å². The van der Waals surface area contributed by atoms with E-state index in [-0.39, 0.29) is 11.9 Å². The predicted molar refractivity (Wildman–Crippen MR) is 92.4 cm³/mol. The molecule has 25 heavy (non-hydrogen) atoms. The lowest BCUT2D eigenvalue weighted by molar-refractivity contribution is -0.122. The summed E-state index contributed by atoms with van der Waals surface area (Å²) in [7, 11) is 1.87. The van der Waals surface area contributed by atoms with Crippen LogP contribution in [-0.2, 0) is 18.3 Å². The maximum atomic E-state index is 12.2. The summed E-state index contributed by atoms with van der Waals surface area (Å²) in [5.41, 5.74) is 1.88. The van der Waals surface area contributed by atoms with E-state index < -0.39 is 0 Å². The minimum absolute atomic E-state index is 0.0486. The van der Waals surface area contributed by atoms with Gasteiger partial charge in [0.25, 0.3) is 0 Å². The van der Waals surface area contributed by atoms with Gasteiger partial charge in [0.05, 0.1) is 11.7 Å². The molecule has 7 nitrogen and oxygen atoms in total. The Balaban J connectivity index is 1.56. The number of aromatic nitrogens is 4. The van der Waals surface area contributed by atoms with Gasteiger partial charge in [0.1, 0.15) is 0 Å². The third-order valence-electron chi connectivity index (χ3n) is 4.03. The van der Waals surface area contributed by atoms with Crippen LogP contribution in [-0.4, -0.2) is 25.8 Å². The van der Waals surface area contributed by atoms with Crippen LogP contribution >= 0.6 is 0 Å². The third kappa shape index (κ3) is 4.12. The van der Waals surface area contributed by atoms with Crippen molar-refractivity contribution >= 4 is 5.91 Å². The van der Waals surface area contributed by atoms with Gasteiger partial charge in [-0.05, 0) is 12.5 Å². The molecule has 1 amide bonds. The van der Waals surface area contributed by atoms with Gasteiger partial charge in [0.15, 0.2) is 0 Å². The normalized spacial score (nSPS) is 12.1. The monoisotopic (exact) mass is 339 g/mol. The lowest BCUT2D eigenvalue weighted by Gasteiger charge is -2.17. The van der Waals surface area contributed by atoms with Crippen LogP contribution in [0.1, 0.15) is 37.4 Å². The maximum absolute atomic E-state index is 12.2. The number of aryl methyl sites for hydroxylation is 2. The molecule has 0 saturated heterocycles. The Kier molecular flexibility index (Phi) is 5.23. The van der Waals surface area contributed by atoms with E-state index in [0.717, 1.165) is 17.7 Å². The van der Waals surface area contributed by atoms with Crippen LogP contribution in [0.3, 0.4) is 0 Å². The summed E-state index contributed by atoms with van der Waals surface area (Å²) in [5.74, 6) is 0.951. The van der Waals surface area contributed by atoms with Gasteiger partial charge >= 0.3 is 0 Å². The summed E-state index contributed by atoms with van der Waals surface area (Å²) >= 11 is 0. The molecule has 0 saturated carbocycles. The summed E-state index contributed by atoms with van der Waals surface area (Å²) in [4.78, 5) is 16.6. The largest absolute Gasteiger partial charge is 0.348 e. The predicted octanol–water partition coefficient (Wildman–Crippen LogP) is 2.67. The summed E-state index contributed by atoms with van der Waals surface area (Å²) in [5, 5.41) is 11.1. The van der Waals surface area contributed by atoms with Crippen LogP contribution in [0.25, 0.3) is 11.4 Å². The highest BCUT2D eigenvalue weighted by molar-refractivity contribution is 5.76. The first-order chi connectivity index (χ1) is 12.2. The molecule has 0 bridgehead atoms. The second-order valence-electron chi connectivity index (χ2n) is 5.79. The molecule has 0 aliphatic heterocycles. The van der Waals surface area contributed by atoms with Gasteiger partial charge in [-0.2, -0.15) is 10.1 Å². The number of benzene rings is 1. The molecule has 2 aromatic heterocycles. The molecule has 0 fully saturated rings. The van der Waals surface area contributed by atoms with Crippen LogP contribution in [0, 0.1) is 0 Å². The Morgan fingerprint density at radius 2 is 2.08 bits per heavy atom. The zero-order chi connectivity index (χ0) is 17.6. The van der Waals surface area contributed by atoms with Crippen LogP contribution in [0.5, 0.6) is 0 Å². The highest BCUT2D eigenvalue weighted by Crippen LogP contribution is 2.17. The number of nitrogens with one attached hydrogen (secondary N) is 1. The molecule has 1 aromatic carbocycles. The molecule has 3 aromatic rings. The topological polar surface area (TPSA) is 85.8 Å². The van der Waals surface area contributed by atoms with Crippen molar-refractivity contribution in [2.24, 2.45) is 7.05 Å². The van der Waals surface area contributed by atoms with E-state index in [2.05, 4.69) is 20.6 Å². The summed E-state index contributed by atoms with van der Waals surface area (Å²) in [6.45, 7) is 2.03. The SMILES string of the molecule is CCC(NC(=O)CCc1nc(-c2ccccc2)no1)c1ccnn1C. The second kappa shape index (κ2) is 7.74. The van der Waals surface area contributed by atoms with Crippen molar-refractivity contribution in [1.82, 2.24) is 25.2 Å². The lowest BCUT2D eigenvalue weighted by Crippen LogP contribution is -2.29. The first-order valence-electron chi connectivity index (χ1n) is 8.32. The van der Waals surface area contributed by atoms with Gasteiger partial charge in [-0.15, -0.1) is 0 Å². The quantitative estimate of drug-likeness (QED) is 0.715. The van der Waals surface area contributed by atoms with Gasteiger partial charge < -0.3 is 9.84 Å². The molecule has 1 N–H and O–H groups in total. The van der Waals surface area contributed by atoms with Crippen LogP contribution in [0.2, 0.25) is 0 Å². The molecule has 0 aliphatic carbocycles. The van der Waals surface area contributed by atoms with E-state index in [4.69, 9.17) is 4.52 Å². The Bertz CT molecular complexity index is 825. The summed E-state index contributed by atoms with van der Waals surface area (Å²) in [6, 6.07) is 11.5. The smallest absolute Gasteiger partial charge is 0.227 e. The van der Waals surface area contributed by atoms with Crippen LogP contribution < -0.4 is 5.32 Å². The zero-order valence-electron chi connectivity index (χ0n) is 14.3. The average Bonchev–Trinajstić information content (AvgIpc) is 3.28. The lowest BCUT2D eigenvalue weighted by atomic mass is 10.1. The summed E-state index contributed by atoms with van der Waals surface area (Å²) < 4.78 is 7.01. The molecule has 3 rings (SSSR count). The number of nitrogens with zero attached hydrogens (tertiary/aromatic N) is 4. The second-order valence-corrected chi connectivity index (χ2v) is 5.79. The standard InChI is InChI=1S/C18H21N5O2/c1-3-14(15-11-12-19-23(15)2)20-16(24)9-10-17-21-18(22-25-17)13-7-5-4-6-8-13/h4-8,11-12,14H,3,9-10H2,1-2H3,(H,20,24). The average molecular weight is 339 g/mol. The molecule has 130 valence electrons. The Labute approximate surface area is 146 Å². The van der Waals surface area contributed by atoms with Crippen LogP contribution in [0.15, 0.2) is 47.1 Å². The number of carbonyl (C=O) groups is 1. The molecular formula is C18H21N5O2. The Hall–Kier alpha value is -2.96. The molecule has 7 heteroatoms. The van der Waals surface area contributed by atoms with Crippen molar-refractivity contribution in [1.29, 1.82) is 0 Å². The third-order valence-corrected chi connectivity index (χ3v) is 4.03. The fraction of sp³-hybridized carbons (Fsp3) is 0.333.